The van der Waals surface area contributed by atoms with Gasteiger partial charge in [0.2, 0.25) is 0 Å². The molecule has 3 rings (SSSR count). The fourth-order valence-corrected chi connectivity index (χ4v) is 5.80. The zero-order valence-corrected chi connectivity index (χ0v) is 18.6. The lowest BCUT2D eigenvalue weighted by Gasteiger charge is -2.20. The number of halogens is 1. The summed E-state index contributed by atoms with van der Waals surface area (Å²) in [5.74, 6) is -0.765. The van der Waals surface area contributed by atoms with Crippen molar-refractivity contribution in [2.45, 2.75) is 36.6 Å². The molecule has 8 heteroatoms. The van der Waals surface area contributed by atoms with Gasteiger partial charge in [0.05, 0.1) is 17.1 Å². The molecular formula is C20H24IN2O4S+. The smallest absolute Gasteiger partial charge is 0.303 e. The molecule has 0 bridgehead atoms. The van der Waals surface area contributed by atoms with E-state index >= 15 is 0 Å². The third-order valence-corrected chi connectivity index (χ3v) is 7.56. The first kappa shape index (κ1) is 21.1. The van der Waals surface area contributed by atoms with Gasteiger partial charge in [0, 0.05) is 28.2 Å². The molecule has 3 N–H and O–H groups in total. The number of hydrogen-bond donors (Lipinski definition) is 2. The predicted octanol–water partition coefficient (Wildman–Crippen LogP) is 2.73. The fourth-order valence-electron chi connectivity index (χ4n) is 3.61. The van der Waals surface area contributed by atoms with Crippen LogP contribution in [0.3, 0.4) is 0 Å². The molecule has 1 aliphatic heterocycles. The Labute approximate surface area is 179 Å². The maximum absolute atomic E-state index is 13.2. The number of nitrogens with zero attached hydrogens (tertiary/aromatic N) is 1. The summed E-state index contributed by atoms with van der Waals surface area (Å²) in [6.45, 7) is 0.799. The molecule has 0 amide bonds. The van der Waals surface area contributed by atoms with Crippen LogP contribution >= 0.6 is 22.6 Å². The molecule has 0 aliphatic carbocycles. The van der Waals surface area contributed by atoms with E-state index in [4.69, 9.17) is 5.11 Å². The van der Waals surface area contributed by atoms with Crippen molar-refractivity contribution >= 4 is 44.3 Å². The number of fused-ring (bicyclic) bond motifs is 2. The van der Waals surface area contributed by atoms with E-state index < -0.39 is 16.0 Å². The monoisotopic (exact) mass is 515 g/mol. The Balaban J connectivity index is 1.93. The van der Waals surface area contributed by atoms with Gasteiger partial charge in [-0.2, -0.15) is 0 Å². The normalized spacial score (nSPS) is 17.5. The highest BCUT2D eigenvalue weighted by Crippen LogP contribution is 2.38. The van der Waals surface area contributed by atoms with Crippen molar-refractivity contribution in [2.75, 3.05) is 17.9 Å². The minimum atomic E-state index is -3.63. The first-order valence-corrected chi connectivity index (χ1v) is 11.8. The SMILES string of the molecule is CN1c2ccccc2C([NH2+]CCCCCC(=O)O)c2ccc(I)cc2S1(=O)=O. The lowest BCUT2D eigenvalue weighted by atomic mass is 9.96. The number of para-hydroxylation sites is 1. The second-order valence-corrected chi connectivity index (χ2v) is 10.1. The first-order chi connectivity index (χ1) is 13.3. The van der Waals surface area contributed by atoms with Gasteiger partial charge in [0.15, 0.2) is 0 Å². The molecule has 0 spiro atoms. The molecule has 1 unspecified atom stereocenters. The number of hydrogen-bond acceptors (Lipinski definition) is 3. The summed E-state index contributed by atoms with van der Waals surface area (Å²) in [5, 5.41) is 10.9. The predicted molar refractivity (Wildman–Crippen MR) is 116 cm³/mol. The average Bonchev–Trinajstić information content (AvgIpc) is 2.72. The largest absolute Gasteiger partial charge is 0.481 e. The van der Waals surface area contributed by atoms with Crippen molar-refractivity contribution in [1.82, 2.24) is 0 Å². The molecule has 0 saturated carbocycles. The van der Waals surface area contributed by atoms with Crippen molar-refractivity contribution in [1.29, 1.82) is 0 Å². The van der Waals surface area contributed by atoms with Gasteiger partial charge in [0.1, 0.15) is 6.04 Å². The molecule has 6 nitrogen and oxygen atoms in total. The Bertz CT molecular complexity index is 978. The third kappa shape index (κ3) is 4.33. The van der Waals surface area contributed by atoms with Crippen molar-refractivity contribution in [3.8, 4) is 0 Å². The zero-order valence-electron chi connectivity index (χ0n) is 15.6. The van der Waals surface area contributed by atoms with E-state index in [1.807, 2.05) is 36.4 Å². The van der Waals surface area contributed by atoms with Crippen LogP contribution in [0.15, 0.2) is 47.4 Å². The Morgan fingerprint density at radius 3 is 2.64 bits per heavy atom. The van der Waals surface area contributed by atoms with E-state index in [-0.39, 0.29) is 12.5 Å². The number of nitrogens with two attached hydrogens (primary N) is 1. The minimum Gasteiger partial charge on any atom is -0.481 e. The highest BCUT2D eigenvalue weighted by molar-refractivity contribution is 14.1. The van der Waals surface area contributed by atoms with E-state index in [2.05, 4.69) is 27.9 Å². The molecule has 28 heavy (non-hydrogen) atoms. The zero-order chi connectivity index (χ0) is 20.3. The van der Waals surface area contributed by atoms with Gasteiger partial charge in [-0.05, 0) is 60.1 Å². The summed E-state index contributed by atoms with van der Waals surface area (Å²) in [6.07, 6.45) is 2.58. The molecular weight excluding hydrogens is 491 g/mol. The number of carbonyl (C=O) groups is 1. The number of aliphatic carboxylic acids is 1. The first-order valence-electron chi connectivity index (χ1n) is 9.25. The second kappa shape index (κ2) is 8.79. The van der Waals surface area contributed by atoms with Crippen LogP contribution in [0, 0.1) is 3.57 Å². The number of benzene rings is 2. The van der Waals surface area contributed by atoms with Gasteiger partial charge >= 0.3 is 5.97 Å². The number of quaternary nitrogens is 1. The third-order valence-electron chi connectivity index (χ3n) is 5.06. The summed E-state index contributed by atoms with van der Waals surface area (Å²) >= 11 is 2.14. The van der Waals surface area contributed by atoms with Gasteiger partial charge in [-0.25, -0.2) is 8.42 Å². The highest BCUT2D eigenvalue weighted by Gasteiger charge is 2.36. The lowest BCUT2D eigenvalue weighted by molar-refractivity contribution is -0.687. The Hall–Kier alpha value is -1.65. The van der Waals surface area contributed by atoms with Crippen molar-refractivity contribution < 1.29 is 23.6 Å². The van der Waals surface area contributed by atoms with Crippen LogP contribution in [0.2, 0.25) is 0 Å². The number of anilines is 1. The van der Waals surface area contributed by atoms with Crippen LogP contribution in [-0.2, 0) is 14.8 Å². The molecule has 1 aliphatic rings. The summed E-state index contributed by atoms with van der Waals surface area (Å²) in [6, 6.07) is 13.1. The molecule has 0 aromatic heterocycles. The average molecular weight is 515 g/mol. The molecule has 0 saturated heterocycles. The van der Waals surface area contributed by atoms with Crippen LogP contribution < -0.4 is 9.62 Å². The van der Waals surface area contributed by atoms with Gasteiger partial charge in [-0.1, -0.05) is 24.3 Å². The highest BCUT2D eigenvalue weighted by atomic mass is 127. The summed E-state index contributed by atoms with van der Waals surface area (Å²) in [5.41, 5.74) is 2.46. The van der Waals surface area contributed by atoms with E-state index in [1.54, 1.807) is 13.1 Å². The van der Waals surface area contributed by atoms with Crippen molar-refractivity contribution in [3.63, 3.8) is 0 Å². The molecule has 1 heterocycles. The quantitative estimate of drug-likeness (QED) is 0.439. The number of carboxylic acid groups (broad SMARTS) is 1. The van der Waals surface area contributed by atoms with E-state index in [0.717, 1.165) is 34.1 Å². The van der Waals surface area contributed by atoms with Crippen LogP contribution in [-0.4, -0.2) is 33.1 Å². The Morgan fingerprint density at radius 1 is 1.14 bits per heavy atom. The topological polar surface area (TPSA) is 91.3 Å². The molecule has 0 radical (unpaired) electrons. The Morgan fingerprint density at radius 2 is 1.89 bits per heavy atom. The minimum absolute atomic E-state index is 0.123. The number of sulfonamides is 1. The molecule has 2 aromatic rings. The van der Waals surface area contributed by atoms with Crippen LogP contribution in [0.1, 0.15) is 42.9 Å². The summed E-state index contributed by atoms with van der Waals surface area (Å²) < 4.78 is 28.7. The number of unbranched alkanes of at least 4 members (excludes halogenated alkanes) is 2. The standard InChI is InChI=1S/C20H23IN2O4S/c1-23-17-8-5-4-7-15(17)20(22-12-6-2-3-9-19(24)25)16-11-10-14(21)13-18(16)28(23,26)27/h4-5,7-8,10-11,13,20,22H,2-3,6,9,12H2,1H3,(H,24,25)/p+1. The molecule has 2 aromatic carbocycles. The Kier molecular flexibility index (Phi) is 6.61. The van der Waals surface area contributed by atoms with Gasteiger partial charge in [-0.3, -0.25) is 9.10 Å². The molecule has 150 valence electrons. The van der Waals surface area contributed by atoms with Crippen LogP contribution in [0.25, 0.3) is 0 Å². The van der Waals surface area contributed by atoms with E-state index in [9.17, 15) is 13.2 Å². The van der Waals surface area contributed by atoms with Crippen molar-refractivity contribution in [2.24, 2.45) is 0 Å². The van der Waals surface area contributed by atoms with Crippen LogP contribution in [0.5, 0.6) is 0 Å². The molecule has 1 atom stereocenters. The maximum atomic E-state index is 13.2. The van der Waals surface area contributed by atoms with E-state index in [0.29, 0.717) is 17.0 Å². The van der Waals surface area contributed by atoms with Crippen LogP contribution in [0.4, 0.5) is 5.69 Å². The summed E-state index contributed by atoms with van der Waals surface area (Å²) in [7, 11) is -2.03. The van der Waals surface area contributed by atoms with Crippen molar-refractivity contribution in [3.05, 3.63) is 57.2 Å². The fraction of sp³-hybridized carbons (Fsp3) is 0.350. The summed E-state index contributed by atoms with van der Waals surface area (Å²) in [4.78, 5) is 11.0. The van der Waals surface area contributed by atoms with E-state index in [1.165, 1.54) is 4.31 Å². The number of rotatable bonds is 7. The lowest BCUT2D eigenvalue weighted by Crippen LogP contribution is -2.85. The second-order valence-electron chi connectivity index (χ2n) is 6.92. The van der Waals surface area contributed by atoms with Gasteiger partial charge in [-0.15, -0.1) is 0 Å². The molecule has 0 fully saturated rings. The van der Waals surface area contributed by atoms with Gasteiger partial charge in [0.25, 0.3) is 10.0 Å². The van der Waals surface area contributed by atoms with Gasteiger partial charge < -0.3 is 10.4 Å². The maximum Gasteiger partial charge on any atom is 0.303 e. The number of carboxylic acids is 1.